The van der Waals surface area contributed by atoms with E-state index in [0.29, 0.717) is 18.5 Å². The van der Waals surface area contributed by atoms with Crippen molar-refractivity contribution in [3.8, 4) is 5.75 Å². The maximum atomic E-state index is 6.15. The molecule has 1 aliphatic heterocycles. The quantitative estimate of drug-likeness (QED) is 0.909. The molecule has 0 aliphatic carbocycles. The fourth-order valence-electron chi connectivity index (χ4n) is 3.66. The second-order valence-electron chi connectivity index (χ2n) is 6.04. The molecule has 0 saturated carbocycles. The molecule has 3 rings (SSSR count). The Labute approximate surface area is 126 Å². The van der Waals surface area contributed by atoms with Gasteiger partial charge in [0.2, 0.25) is 0 Å². The molecule has 2 aromatic rings. The smallest absolute Gasteiger partial charge is 0.119 e. The highest BCUT2D eigenvalue weighted by molar-refractivity contribution is 5.85. The van der Waals surface area contributed by atoms with Crippen LogP contribution in [-0.2, 0) is 0 Å². The number of nitrogens with one attached hydrogen (secondary N) is 1. The van der Waals surface area contributed by atoms with Crippen molar-refractivity contribution >= 4 is 10.9 Å². The van der Waals surface area contributed by atoms with Crippen molar-refractivity contribution < 1.29 is 4.74 Å². The molecule has 2 atom stereocenters. The highest BCUT2D eigenvalue weighted by Gasteiger charge is 2.29. The number of aromatic nitrogens is 1. The van der Waals surface area contributed by atoms with E-state index in [2.05, 4.69) is 35.3 Å². The second-order valence-corrected chi connectivity index (χ2v) is 6.04. The average molecular weight is 287 g/mol. The normalized spacial score (nSPS) is 21.6. The zero-order valence-corrected chi connectivity index (χ0v) is 12.9. The summed E-state index contributed by atoms with van der Waals surface area (Å²) in [4.78, 5) is 5.85. The Balaban J connectivity index is 2.00. The predicted octanol–water partition coefficient (Wildman–Crippen LogP) is 2.70. The van der Waals surface area contributed by atoms with Crippen molar-refractivity contribution in [1.82, 2.24) is 9.88 Å². The second kappa shape index (κ2) is 6.08. The van der Waals surface area contributed by atoms with Crippen LogP contribution in [0.25, 0.3) is 10.9 Å². The largest absolute Gasteiger partial charge is 0.497 e. The van der Waals surface area contributed by atoms with E-state index in [1.54, 1.807) is 7.11 Å². The van der Waals surface area contributed by atoms with Gasteiger partial charge in [-0.25, -0.2) is 0 Å². The third-order valence-electron chi connectivity index (χ3n) is 4.87. The first-order valence-corrected chi connectivity index (χ1v) is 7.80. The van der Waals surface area contributed by atoms with Crippen molar-refractivity contribution in [3.63, 3.8) is 0 Å². The van der Waals surface area contributed by atoms with Crippen LogP contribution in [0.5, 0.6) is 5.75 Å². The molecule has 2 heterocycles. The Morgan fingerprint density at radius 2 is 2.29 bits per heavy atom. The van der Waals surface area contributed by atoms with E-state index in [0.717, 1.165) is 11.3 Å². The van der Waals surface area contributed by atoms with Gasteiger partial charge in [-0.3, -0.25) is 0 Å². The minimum Gasteiger partial charge on any atom is -0.497 e. The van der Waals surface area contributed by atoms with Crippen LogP contribution in [0.1, 0.15) is 30.7 Å². The summed E-state index contributed by atoms with van der Waals surface area (Å²) in [5, 5.41) is 1.24. The number of fused-ring (bicyclic) bond motifs is 1. The van der Waals surface area contributed by atoms with Crippen molar-refractivity contribution in [2.75, 3.05) is 27.2 Å². The number of benzene rings is 1. The number of likely N-dealkylation sites (tertiary alicyclic amines) is 1. The summed E-state index contributed by atoms with van der Waals surface area (Å²) in [7, 11) is 3.94. The molecule has 1 fully saturated rings. The Hall–Kier alpha value is -1.52. The molecule has 1 aromatic carbocycles. The van der Waals surface area contributed by atoms with Crippen LogP contribution in [0.15, 0.2) is 24.4 Å². The number of hydrogen-bond donors (Lipinski definition) is 2. The zero-order chi connectivity index (χ0) is 14.8. The molecule has 1 aromatic heterocycles. The van der Waals surface area contributed by atoms with Crippen LogP contribution in [0.4, 0.5) is 0 Å². The minimum atomic E-state index is 0.371. The number of nitrogens with two attached hydrogens (primary N) is 1. The number of ether oxygens (including phenoxy) is 1. The van der Waals surface area contributed by atoms with Gasteiger partial charge in [0.05, 0.1) is 7.11 Å². The minimum absolute atomic E-state index is 0.371. The van der Waals surface area contributed by atoms with E-state index in [1.165, 1.54) is 36.8 Å². The topological polar surface area (TPSA) is 54.3 Å². The van der Waals surface area contributed by atoms with Crippen LogP contribution in [0.3, 0.4) is 0 Å². The highest BCUT2D eigenvalue weighted by atomic mass is 16.5. The molecular weight excluding hydrogens is 262 g/mol. The number of rotatable bonds is 4. The van der Waals surface area contributed by atoms with Gasteiger partial charge >= 0.3 is 0 Å². The van der Waals surface area contributed by atoms with Gasteiger partial charge < -0.3 is 20.4 Å². The molecule has 2 unspecified atom stereocenters. The van der Waals surface area contributed by atoms with E-state index >= 15 is 0 Å². The van der Waals surface area contributed by atoms with Gasteiger partial charge in [-0.05, 0) is 50.2 Å². The van der Waals surface area contributed by atoms with Gasteiger partial charge in [0.1, 0.15) is 5.75 Å². The van der Waals surface area contributed by atoms with Gasteiger partial charge in [0.25, 0.3) is 0 Å². The fourth-order valence-corrected chi connectivity index (χ4v) is 3.66. The Bertz CT molecular complexity index is 607. The molecule has 1 saturated heterocycles. The van der Waals surface area contributed by atoms with E-state index in [4.69, 9.17) is 10.5 Å². The van der Waals surface area contributed by atoms with Crippen LogP contribution < -0.4 is 10.5 Å². The van der Waals surface area contributed by atoms with Crippen LogP contribution in [0.2, 0.25) is 0 Å². The molecule has 21 heavy (non-hydrogen) atoms. The first kappa shape index (κ1) is 14.4. The van der Waals surface area contributed by atoms with Crippen molar-refractivity contribution in [3.05, 3.63) is 30.0 Å². The van der Waals surface area contributed by atoms with Crippen molar-refractivity contribution in [2.24, 2.45) is 5.73 Å². The Kier molecular flexibility index (Phi) is 4.17. The summed E-state index contributed by atoms with van der Waals surface area (Å²) in [6.45, 7) is 1.85. The molecule has 0 bridgehead atoms. The van der Waals surface area contributed by atoms with E-state index in [-0.39, 0.29) is 0 Å². The van der Waals surface area contributed by atoms with E-state index in [1.807, 2.05) is 6.07 Å². The molecule has 4 heteroatoms. The Morgan fingerprint density at radius 3 is 3.00 bits per heavy atom. The van der Waals surface area contributed by atoms with Crippen LogP contribution in [0, 0.1) is 0 Å². The molecule has 114 valence electrons. The van der Waals surface area contributed by atoms with Gasteiger partial charge in [0, 0.05) is 35.6 Å². The molecule has 4 nitrogen and oxygen atoms in total. The number of H-pyrrole nitrogens is 1. The van der Waals surface area contributed by atoms with Crippen LogP contribution in [-0.4, -0.2) is 43.2 Å². The lowest BCUT2D eigenvalue weighted by atomic mass is 9.85. The first-order valence-electron chi connectivity index (χ1n) is 7.80. The summed E-state index contributed by atoms with van der Waals surface area (Å²) >= 11 is 0. The van der Waals surface area contributed by atoms with E-state index < -0.39 is 0 Å². The molecule has 1 aliphatic rings. The molecule has 0 spiro atoms. The third kappa shape index (κ3) is 2.65. The number of nitrogens with zero attached hydrogens (tertiary/aromatic N) is 1. The summed E-state index contributed by atoms with van der Waals surface area (Å²) in [5.41, 5.74) is 8.63. The van der Waals surface area contributed by atoms with E-state index in [9.17, 15) is 0 Å². The highest BCUT2D eigenvalue weighted by Crippen LogP contribution is 2.34. The standard InChI is InChI=1S/C17H25N3O/c1-20-8-4-3-5-17(20)14(10-18)15-11-19-16-7-6-12(21-2)9-13(15)16/h6-7,9,11,14,17,19H,3-5,8,10,18H2,1-2H3. The molecule has 0 amide bonds. The predicted molar refractivity (Wildman–Crippen MR) is 86.9 cm³/mol. The lowest BCUT2D eigenvalue weighted by Gasteiger charge is -2.37. The monoisotopic (exact) mass is 287 g/mol. The average Bonchev–Trinajstić information content (AvgIpc) is 2.93. The van der Waals surface area contributed by atoms with Crippen molar-refractivity contribution in [1.29, 1.82) is 0 Å². The SMILES string of the molecule is COc1ccc2[nH]cc(C(CN)C3CCCCN3C)c2c1. The maximum absolute atomic E-state index is 6.15. The molecular formula is C17H25N3O. The number of piperidine rings is 1. The number of hydrogen-bond acceptors (Lipinski definition) is 3. The summed E-state index contributed by atoms with van der Waals surface area (Å²) in [6, 6.07) is 6.73. The summed E-state index contributed by atoms with van der Waals surface area (Å²) in [5.74, 6) is 1.27. The summed E-state index contributed by atoms with van der Waals surface area (Å²) in [6.07, 6.45) is 5.96. The van der Waals surface area contributed by atoms with Crippen molar-refractivity contribution in [2.45, 2.75) is 31.2 Å². The zero-order valence-electron chi connectivity index (χ0n) is 12.9. The first-order chi connectivity index (χ1) is 10.2. The van der Waals surface area contributed by atoms with Gasteiger partial charge in [-0.2, -0.15) is 0 Å². The lowest BCUT2D eigenvalue weighted by molar-refractivity contribution is 0.161. The Morgan fingerprint density at radius 1 is 1.43 bits per heavy atom. The number of aromatic amines is 1. The number of likely N-dealkylation sites (N-methyl/N-ethyl adjacent to an activating group) is 1. The van der Waals surface area contributed by atoms with Gasteiger partial charge in [-0.15, -0.1) is 0 Å². The van der Waals surface area contributed by atoms with Gasteiger partial charge in [-0.1, -0.05) is 6.42 Å². The molecule has 3 N–H and O–H groups in total. The summed E-state index contributed by atoms with van der Waals surface area (Å²) < 4.78 is 5.37. The number of methoxy groups -OCH3 is 1. The fraction of sp³-hybridized carbons (Fsp3) is 0.529. The lowest BCUT2D eigenvalue weighted by Crippen LogP contribution is -2.42. The third-order valence-corrected chi connectivity index (χ3v) is 4.87. The maximum Gasteiger partial charge on any atom is 0.119 e. The van der Waals surface area contributed by atoms with Crippen LogP contribution >= 0.6 is 0 Å². The molecule has 0 radical (unpaired) electrons. The van der Waals surface area contributed by atoms with Gasteiger partial charge in [0.15, 0.2) is 0 Å².